The summed E-state index contributed by atoms with van der Waals surface area (Å²) in [5.74, 6) is -1.67. The van der Waals surface area contributed by atoms with E-state index >= 15 is 0 Å². The number of carbonyl (C=O) groups is 2. The van der Waals surface area contributed by atoms with Crippen molar-refractivity contribution in [3.05, 3.63) is 88.9 Å². The van der Waals surface area contributed by atoms with Crippen LogP contribution in [0.2, 0.25) is 0 Å². The number of nitrogens with zero attached hydrogens (tertiary/aromatic N) is 4. The average molecular weight is 631 g/mol. The Balaban J connectivity index is 1.35. The minimum Gasteiger partial charge on any atom is -0.468 e. The van der Waals surface area contributed by atoms with Crippen molar-refractivity contribution < 1.29 is 50.5 Å². The molecular weight excluding hydrogens is 607 g/mol. The summed E-state index contributed by atoms with van der Waals surface area (Å²) < 4.78 is 90.2. The van der Waals surface area contributed by atoms with Gasteiger partial charge in [0.15, 0.2) is 17.2 Å². The molecule has 2 aromatic heterocycles. The van der Waals surface area contributed by atoms with Crippen LogP contribution in [0.25, 0.3) is 5.69 Å². The molecule has 0 bridgehead atoms. The first kappa shape index (κ1) is 29.8. The number of hydrogen-bond acceptors (Lipinski definition) is 8. The molecule has 10 nitrogen and oxygen atoms in total. The third kappa shape index (κ3) is 5.72. The normalized spacial score (nSPS) is 16.6. The van der Waals surface area contributed by atoms with E-state index in [1.807, 2.05) is 0 Å². The van der Waals surface area contributed by atoms with Gasteiger partial charge in [0.1, 0.15) is 6.10 Å². The van der Waals surface area contributed by atoms with Gasteiger partial charge in [-0.05, 0) is 55.7 Å². The molecule has 234 valence electrons. The van der Waals surface area contributed by atoms with Crippen molar-refractivity contribution in [3.8, 4) is 23.1 Å². The number of anilines is 1. The summed E-state index contributed by atoms with van der Waals surface area (Å²) in [5, 5.41) is 3.93. The van der Waals surface area contributed by atoms with Crippen LogP contribution in [0.4, 0.5) is 27.6 Å². The smallest absolute Gasteiger partial charge is 0.468 e. The maximum absolute atomic E-state index is 14.2. The second kappa shape index (κ2) is 11.1. The Morgan fingerprint density at radius 3 is 2.58 bits per heavy atom. The lowest BCUT2D eigenvalue weighted by Crippen LogP contribution is -2.26. The van der Waals surface area contributed by atoms with Crippen LogP contribution in [0.5, 0.6) is 17.4 Å². The summed E-state index contributed by atoms with van der Waals surface area (Å²) >= 11 is 0. The highest BCUT2D eigenvalue weighted by Crippen LogP contribution is 2.44. The Hall–Kier alpha value is -5.21. The molecule has 15 heteroatoms. The number of amides is 1. The second-order valence-corrected chi connectivity index (χ2v) is 10.2. The number of carbonyl (C=O) groups excluding carboxylic acids is 2. The summed E-state index contributed by atoms with van der Waals surface area (Å²) in [5.41, 5.74) is -0.406. The van der Waals surface area contributed by atoms with E-state index in [1.54, 1.807) is 0 Å². The summed E-state index contributed by atoms with van der Waals surface area (Å²) in [6.45, 7) is 0. The molecule has 2 aromatic carbocycles. The van der Waals surface area contributed by atoms with E-state index in [0.29, 0.717) is 12.8 Å². The molecule has 0 spiro atoms. The summed E-state index contributed by atoms with van der Waals surface area (Å²) in [7, 11) is 2.61. The molecule has 1 amide bonds. The molecule has 1 aliphatic carbocycles. The molecule has 1 aliphatic heterocycles. The lowest BCUT2D eigenvalue weighted by atomic mass is 9.93. The Bertz CT molecular complexity index is 1810. The maximum atomic E-state index is 14.2. The fourth-order valence-electron chi connectivity index (χ4n) is 5.27. The molecule has 6 rings (SSSR count). The van der Waals surface area contributed by atoms with Gasteiger partial charge in [-0.15, -0.1) is 8.78 Å². The maximum Gasteiger partial charge on any atom is 0.586 e. The zero-order valence-corrected chi connectivity index (χ0v) is 23.6. The number of rotatable bonds is 6. The highest BCUT2D eigenvalue weighted by Gasteiger charge is 2.44. The van der Waals surface area contributed by atoms with Crippen LogP contribution in [0, 0.1) is 0 Å². The molecule has 0 radical (unpaired) electrons. The molecule has 0 unspecified atom stereocenters. The number of benzene rings is 2. The third-order valence-corrected chi connectivity index (χ3v) is 7.32. The largest absolute Gasteiger partial charge is 0.586 e. The van der Waals surface area contributed by atoms with Gasteiger partial charge < -0.3 is 23.8 Å². The number of aromatic nitrogens is 3. The van der Waals surface area contributed by atoms with Crippen molar-refractivity contribution in [1.82, 2.24) is 14.8 Å². The topological polar surface area (TPSA) is 105 Å². The van der Waals surface area contributed by atoms with Crippen LogP contribution in [0.1, 0.15) is 56.6 Å². The van der Waals surface area contributed by atoms with E-state index < -0.39 is 36.1 Å². The minimum atomic E-state index is -4.77. The van der Waals surface area contributed by atoms with Crippen LogP contribution in [-0.2, 0) is 17.3 Å². The van der Waals surface area contributed by atoms with E-state index in [0.717, 1.165) is 4.68 Å². The Labute approximate surface area is 251 Å². The average Bonchev–Trinajstić information content (AvgIpc) is 3.57. The van der Waals surface area contributed by atoms with Crippen molar-refractivity contribution in [3.63, 3.8) is 0 Å². The number of alkyl halides is 5. The number of fused-ring (bicyclic) bond motifs is 2. The van der Waals surface area contributed by atoms with Gasteiger partial charge in [-0.2, -0.15) is 18.3 Å². The number of pyridine rings is 1. The zero-order valence-electron chi connectivity index (χ0n) is 23.6. The molecule has 0 fully saturated rings. The van der Waals surface area contributed by atoms with E-state index in [2.05, 4.69) is 19.6 Å². The van der Waals surface area contributed by atoms with Crippen LogP contribution in [0.15, 0.2) is 60.8 Å². The molecule has 3 heterocycles. The van der Waals surface area contributed by atoms with Gasteiger partial charge in [-0.25, -0.2) is 14.5 Å². The molecule has 2 aliphatic rings. The zero-order chi connectivity index (χ0) is 32.1. The lowest BCUT2D eigenvalue weighted by molar-refractivity contribution is -0.286. The molecular formula is C30H23F5N4O6. The number of ether oxygens (including phenoxy) is 4. The van der Waals surface area contributed by atoms with Gasteiger partial charge in [0, 0.05) is 42.2 Å². The van der Waals surface area contributed by atoms with E-state index in [-0.39, 0.29) is 57.6 Å². The fourth-order valence-corrected chi connectivity index (χ4v) is 5.27. The van der Waals surface area contributed by atoms with E-state index in [4.69, 9.17) is 9.47 Å². The van der Waals surface area contributed by atoms with Gasteiger partial charge >= 0.3 is 18.4 Å². The molecule has 0 saturated heterocycles. The van der Waals surface area contributed by atoms with Gasteiger partial charge in [-0.1, -0.05) is 6.07 Å². The van der Waals surface area contributed by atoms with Gasteiger partial charge in [0.2, 0.25) is 5.88 Å². The number of methoxy groups -OCH3 is 1. The Morgan fingerprint density at radius 1 is 1.04 bits per heavy atom. The van der Waals surface area contributed by atoms with Crippen molar-refractivity contribution in [2.75, 3.05) is 19.1 Å². The van der Waals surface area contributed by atoms with E-state index in [1.165, 1.54) is 79.9 Å². The quantitative estimate of drug-likeness (QED) is 0.185. The van der Waals surface area contributed by atoms with Crippen LogP contribution in [-0.4, -0.2) is 47.1 Å². The Morgan fingerprint density at radius 2 is 1.82 bits per heavy atom. The minimum absolute atomic E-state index is 0.00380. The predicted octanol–water partition coefficient (Wildman–Crippen LogP) is 6.13. The molecule has 0 saturated carbocycles. The number of halogens is 5. The van der Waals surface area contributed by atoms with Gasteiger partial charge in [0.05, 0.1) is 24.1 Å². The second-order valence-electron chi connectivity index (χ2n) is 10.2. The summed E-state index contributed by atoms with van der Waals surface area (Å²) in [4.78, 5) is 30.7. The first-order valence-corrected chi connectivity index (χ1v) is 13.5. The molecule has 4 aromatic rings. The fraction of sp³-hybridized carbons (Fsp3) is 0.267. The van der Waals surface area contributed by atoms with Crippen molar-refractivity contribution in [2.24, 2.45) is 0 Å². The van der Waals surface area contributed by atoms with Gasteiger partial charge in [-0.3, -0.25) is 4.79 Å². The van der Waals surface area contributed by atoms with Gasteiger partial charge in [0.25, 0.3) is 5.91 Å². The van der Waals surface area contributed by atoms with Crippen LogP contribution in [0.3, 0.4) is 0 Å². The first-order valence-electron chi connectivity index (χ1n) is 13.5. The van der Waals surface area contributed by atoms with Crippen molar-refractivity contribution in [2.45, 2.75) is 37.8 Å². The molecule has 0 N–H and O–H groups in total. The lowest BCUT2D eigenvalue weighted by Gasteiger charge is -2.25. The van der Waals surface area contributed by atoms with Crippen LogP contribution < -0.4 is 19.1 Å². The standard InChI is InChI=1S/C30H23F5N4O6/c1-38(18-9-10-21-23(15-18)45-30(34,35)44-21)27(40)16-5-3-6-19(13-16)39-25-20(26(37-39)29(31,32)33)7-4-8-22(25)43-24-14-17(11-12-36-24)28(41)42-2/h3,5-6,9-15,22H,4,7-8H2,1-2H3/t22-/m0/s1. The highest BCUT2D eigenvalue weighted by atomic mass is 19.4. The Kier molecular flexibility index (Phi) is 7.33. The SMILES string of the molecule is COC(=O)c1ccnc(O[C@H]2CCCc3c(C(F)(F)F)nn(-c4cccc(C(=O)N(C)c5ccc6c(c5)OC(F)(F)O6)c4)c32)c1. The van der Waals surface area contributed by atoms with Crippen molar-refractivity contribution in [1.29, 1.82) is 0 Å². The monoisotopic (exact) mass is 630 g/mol. The first-order chi connectivity index (χ1) is 21.3. The molecule has 1 atom stereocenters. The van der Waals surface area contributed by atoms with Crippen molar-refractivity contribution >= 4 is 17.6 Å². The van der Waals surface area contributed by atoms with E-state index in [9.17, 15) is 31.5 Å². The summed E-state index contributed by atoms with van der Waals surface area (Å²) in [6.07, 6.45) is -7.43. The predicted molar refractivity (Wildman–Crippen MR) is 146 cm³/mol. The highest BCUT2D eigenvalue weighted by molar-refractivity contribution is 6.06. The van der Waals surface area contributed by atoms with Crippen LogP contribution >= 0.6 is 0 Å². The number of esters is 1. The third-order valence-electron chi connectivity index (χ3n) is 7.32. The summed E-state index contributed by atoms with van der Waals surface area (Å²) in [6, 6.07) is 12.4. The molecule has 45 heavy (non-hydrogen) atoms. The number of hydrogen-bond donors (Lipinski definition) is 0.